The van der Waals surface area contributed by atoms with Crippen LogP contribution in [0.25, 0.3) is 10.9 Å². The smallest absolute Gasteiger partial charge is 0.413 e. The van der Waals surface area contributed by atoms with E-state index in [4.69, 9.17) is 66.6 Å². The average Bonchev–Trinajstić information content (AvgIpc) is 4.17. The Kier molecular flexibility index (Phi) is 17.3. The number of anilines is 1. The molecule has 5 aliphatic rings. The van der Waals surface area contributed by atoms with Gasteiger partial charge in [0, 0.05) is 61.6 Å². The number of piperazine rings is 1. The van der Waals surface area contributed by atoms with Gasteiger partial charge in [0.05, 0.1) is 55.1 Å². The van der Waals surface area contributed by atoms with Gasteiger partial charge < -0.3 is 106 Å². The van der Waals surface area contributed by atoms with E-state index >= 15 is 4.39 Å². The minimum absolute atomic E-state index is 0.0220. The zero-order valence-electron chi connectivity index (χ0n) is 40.4. The molecule has 1 aromatic heterocycles. The van der Waals surface area contributed by atoms with E-state index in [1.54, 1.807) is 23.3 Å². The van der Waals surface area contributed by atoms with Crippen molar-refractivity contribution in [2.45, 2.75) is 157 Å². The van der Waals surface area contributed by atoms with Crippen LogP contribution in [0.2, 0.25) is 0 Å². The van der Waals surface area contributed by atoms with Gasteiger partial charge in [-0.2, -0.15) is 0 Å². The monoisotopic (exact) mass is 1030 g/mol. The summed E-state index contributed by atoms with van der Waals surface area (Å²) in [4.78, 5) is 67.1. The number of fused-ring (bicyclic) bond motifs is 1. The molecule has 4 heterocycles. The second kappa shape index (κ2) is 22.7. The molecule has 2 aromatic rings. The molecule has 0 spiro atoms. The number of nitrogens with two attached hydrogens (primary N) is 5. The summed E-state index contributed by atoms with van der Waals surface area (Å²) in [5.74, 6) is -3.95. The largest absolute Gasteiger partial charge is 0.492 e. The lowest BCUT2D eigenvalue weighted by molar-refractivity contribution is -0.315. The number of aromatic carboxylic acids is 1. The highest BCUT2D eigenvalue weighted by molar-refractivity contribution is 6.00. The fourth-order valence-electron chi connectivity index (χ4n) is 9.99. The van der Waals surface area contributed by atoms with Crippen LogP contribution in [0.1, 0.15) is 73.1 Å². The van der Waals surface area contributed by atoms with Crippen LogP contribution in [0.3, 0.4) is 0 Å². The highest BCUT2D eigenvalue weighted by Crippen LogP contribution is 2.46. The molecule has 402 valence electrons. The van der Waals surface area contributed by atoms with E-state index in [0.717, 1.165) is 12.8 Å². The van der Waals surface area contributed by atoms with Gasteiger partial charge in [-0.3, -0.25) is 14.4 Å². The van der Waals surface area contributed by atoms with E-state index in [9.17, 15) is 49.5 Å². The number of rotatable bonds is 16. The second-order valence-corrected chi connectivity index (χ2v) is 19.1. The first kappa shape index (κ1) is 54.9. The number of nitrogens with zero attached hydrogens (tertiary/aromatic N) is 3. The Balaban J connectivity index is 0.872. The number of carboxylic acids is 1. The molecule has 1 aromatic carbocycles. The minimum Gasteiger partial charge on any atom is -0.492 e. The molecule has 7 rings (SSSR count). The molecular weight excluding hydrogens is 960 g/mol. The zero-order chi connectivity index (χ0) is 52.6. The Hall–Kier alpha value is -4.88. The van der Waals surface area contributed by atoms with Crippen molar-refractivity contribution in [3.05, 3.63) is 32.9 Å². The van der Waals surface area contributed by atoms with Gasteiger partial charge in [-0.1, -0.05) is 0 Å². The molecule has 2 saturated carbocycles. The number of carboxylic acid groups (broad SMARTS) is 1. The van der Waals surface area contributed by atoms with Crippen molar-refractivity contribution < 1.29 is 87.0 Å². The number of methoxy groups -OCH3 is 1. The van der Waals surface area contributed by atoms with Gasteiger partial charge in [0.15, 0.2) is 24.1 Å². The van der Waals surface area contributed by atoms with E-state index in [2.05, 4.69) is 0 Å². The standard InChI is InChI=1S/C45H67FN8O18/c1-17-14-52(34-31(46)18(2)29-33(41(34)65-4)54(20-5-6-20)19(3)30(36(29)59)42(62)63)9-10-53(17)45(64)68-16-67-28(57)8-7-27(56)66-15-26-35(58)32(51)37(60)44(70-26)72-40-22(49)11-21(48)39(38(40)61)71-43-23(50)12-24(55)25(13-47)69-43/h17,20-26,32,35,37-40,43-44,55,58,60-61H,5-16,47-51H2,1-4H3,(H,62,63)/t17?,21-,22-,23-,24+,25-,26-,32+,35-,37-,38+,39-,40+,43-,44-/m1/s1. The summed E-state index contributed by atoms with van der Waals surface area (Å²) in [6, 6.07) is -4.57. The fourth-order valence-corrected chi connectivity index (χ4v) is 9.99. The Bertz CT molecular complexity index is 2400. The molecule has 5 fully saturated rings. The number of amides is 1. The van der Waals surface area contributed by atoms with Crippen LogP contribution >= 0.6 is 0 Å². The maximum absolute atomic E-state index is 16.4. The van der Waals surface area contributed by atoms with Gasteiger partial charge >= 0.3 is 24.0 Å². The molecular formula is C45H67FN8O18. The summed E-state index contributed by atoms with van der Waals surface area (Å²) in [5, 5.41) is 53.1. The van der Waals surface area contributed by atoms with E-state index in [1.807, 2.05) is 0 Å². The van der Waals surface area contributed by atoms with Crippen molar-refractivity contribution in [2.75, 3.05) is 51.6 Å². The Labute approximate surface area is 412 Å². The molecule has 72 heavy (non-hydrogen) atoms. The molecule has 1 amide bonds. The summed E-state index contributed by atoms with van der Waals surface area (Å²) in [6.45, 7) is 3.46. The van der Waals surface area contributed by atoms with Crippen molar-refractivity contribution in [2.24, 2.45) is 28.7 Å². The number of benzene rings is 1. The summed E-state index contributed by atoms with van der Waals surface area (Å²) in [6.07, 6.45) is -13.1. The lowest BCUT2D eigenvalue weighted by atomic mass is 9.84. The van der Waals surface area contributed by atoms with Gasteiger partial charge in [0.1, 0.15) is 54.5 Å². The molecule has 2 aliphatic carbocycles. The third kappa shape index (κ3) is 11.1. The fraction of sp³-hybridized carbons (Fsp3) is 0.711. The van der Waals surface area contributed by atoms with Crippen molar-refractivity contribution in [1.82, 2.24) is 9.47 Å². The van der Waals surface area contributed by atoms with Crippen molar-refractivity contribution in [3.8, 4) is 5.75 Å². The molecule has 0 radical (unpaired) electrons. The van der Waals surface area contributed by atoms with Crippen molar-refractivity contribution in [3.63, 3.8) is 0 Å². The Morgan fingerprint density at radius 1 is 0.819 bits per heavy atom. The van der Waals surface area contributed by atoms with Gasteiger partial charge in [-0.15, -0.1) is 0 Å². The number of carbonyl (C=O) groups excluding carboxylic acids is 3. The molecule has 3 saturated heterocycles. The summed E-state index contributed by atoms with van der Waals surface area (Å²) >= 11 is 0. The molecule has 15 atom stereocenters. The normalized spacial score (nSPS) is 33.1. The number of esters is 2. The molecule has 15 N–H and O–H groups in total. The summed E-state index contributed by atoms with van der Waals surface area (Å²) in [7, 11) is 1.34. The number of aliphatic hydroxyl groups excluding tert-OH is 4. The minimum atomic E-state index is -1.65. The molecule has 1 unspecified atom stereocenters. The van der Waals surface area contributed by atoms with Gasteiger partial charge in [0.25, 0.3) is 0 Å². The van der Waals surface area contributed by atoms with E-state index in [1.165, 1.54) is 18.9 Å². The molecule has 3 aliphatic heterocycles. The van der Waals surface area contributed by atoms with E-state index < -0.39 is 159 Å². The topological polar surface area (TPSA) is 402 Å². The summed E-state index contributed by atoms with van der Waals surface area (Å²) < 4.78 is 62.8. The third-order valence-electron chi connectivity index (χ3n) is 14.1. The Morgan fingerprint density at radius 2 is 1.44 bits per heavy atom. The average molecular weight is 1030 g/mol. The van der Waals surface area contributed by atoms with E-state index in [-0.39, 0.29) is 73.1 Å². The predicted molar refractivity (Wildman–Crippen MR) is 247 cm³/mol. The SMILES string of the molecule is COc1c(N2CCN(C(=O)OCOC(=O)CCC(=O)OC[C@H]3O[C@H](O[C@@H]4[C@@H](O)[C@H](O[C@H]5O[C@H](CN)[C@@H](O)C[C@H]5N)[C@H](N)C[C@H]4N)[C@H](O)[C@@H](N)[C@@H]3O)C(C)C2)c(F)c(C)c2c(=O)c(C(=O)O)c(C)n(C3CC3)c12. The number of aromatic nitrogens is 1. The lowest BCUT2D eigenvalue weighted by Gasteiger charge is -2.47. The molecule has 26 nitrogen and oxygen atoms in total. The first-order chi connectivity index (χ1) is 34.1. The van der Waals surface area contributed by atoms with Crippen LogP contribution in [0.5, 0.6) is 5.75 Å². The maximum Gasteiger partial charge on any atom is 0.413 e. The number of hydrogen-bond donors (Lipinski definition) is 10. The van der Waals surface area contributed by atoms with Crippen molar-refractivity contribution >= 4 is 40.6 Å². The van der Waals surface area contributed by atoms with Crippen LogP contribution in [-0.4, -0.2) is 197 Å². The van der Waals surface area contributed by atoms with Gasteiger partial charge in [-0.25, -0.2) is 14.0 Å². The number of halogens is 1. The quantitative estimate of drug-likeness (QED) is 0.0591. The van der Waals surface area contributed by atoms with Crippen LogP contribution < -0.4 is 43.7 Å². The molecule has 27 heteroatoms. The number of aryl methyl sites for hydroxylation is 1. The first-order valence-electron chi connectivity index (χ1n) is 23.8. The van der Waals surface area contributed by atoms with E-state index in [0.29, 0.717) is 5.52 Å². The van der Waals surface area contributed by atoms with Crippen molar-refractivity contribution in [1.29, 1.82) is 0 Å². The highest BCUT2D eigenvalue weighted by atomic mass is 19.1. The van der Waals surface area contributed by atoms with Crippen LogP contribution in [0.15, 0.2) is 4.79 Å². The molecule has 0 bridgehead atoms. The van der Waals surface area contributed by atoms with Crippen LogP contribution in [0, 0.1) is 19.7 Å². The zero-order valence-corrected chi connectivity index (χ0v) is 40.4. The van der Waals surface area contributed by atoms with Gasteiger partial charge in [-0.05, 0) is 46.5 Å². The maximum atomic E-state index is 16.4. The number of hydrogen-bond acceptors (Lipinski definition) is 23. The second-order valence-electron chi connectivity index (χ2n) is 19.1. The first-order valence-corrected chi connectivity index (χ1v) is 23.8. The van der Waals surface area contributed by atoms with Crippen LogP contribution in [-0.2, 0) is 42.7 Å². The highest BCUT2D eigenvalue weighted by Gasteiger charge is 2.51. The number of carbonyl (C=O) groups is 4. The number of aliphatic hydroxyl groups is 4. The third-order valence-corrected chi connectivity index (χ3v) is 14.1. The lowest BCUT2D eigenvalue weighted by Crippen LogP contribution is -2.68. The number of ether oxygens (including phenoxy) is 8. The number of pyridine rings is 1. The van der Waals surface area contributed by atoms with Gasteiger partial charge in [0.2, 0.25) is 12.2 Å². The summed E-state index contributed by atoms with van der Waals surface area (Å²) in [5.41, 5.74) is 29.9. The predicted octanol–water partition coefficient (Wildman–Crippen LogP) is -3.00. The Morgan fingerprint density at radius 3 is 2.04 bits per heavy atom. The van der Waals surface area contributed by atoms with Crippen LogP contribution in [0.4, 0.5) is 14.9 Å².